The van der Waals surface area contributed by atoms with Crippen molar-refractivity contribution >= 4 is 0 Å². The standard InChI is InChI=1S/C14H27N3/c1-4-6-7-8-9-12(3)17-13(5-2)14-15-10-11-16-14/h10-13,17H,4-9H2,1-3H3,(H,15,16). The number of unbranched alkanes of at least 4 members (excludes halogenated alkanes) is 3. The molecule has 0 amide bonds. The second-order valence-corrected chi connectivity index (χ2v) is 4.85. The van der Waals surface area contributed by atoms with E-state index in [2.05, 4.69) is 36.1 Å². The van der Waals surface area contributed by atoms with Crippen LogP contribution in [0.2, 0.25) is 0 Å². The van der Waals surface area contributed by atoms with Crippen LogP contribution in [0.25, 0.3) is 0 Å². The highest BCUT2D eigenvalue weighted by molar-refractivity contribution is 4.95. The number of H-pyrrole nitrogens is 1. The van der Waals surface area contributed by atoms with Crippen molar-refractivity contribution in [2.24, 2.45) is 0 Å². The van der Waals surface area contributed by atoms with Crippen molar-refractivity contribution in [2.45, 2.75) is 71.4 Å². The summed E-state index contributed by atoms with van der Waals surface area (Å²) >= 11 is 0. The molecule has 2 N–H and O–H groups in total. The van der Waals surface area contributed by atoms with Crippen LogP contribution >= 0.6 is 0 Å². The molecular formula is C14H27N3. The second-order valence-electron chi connectivity index (χ2n) is 4.85. The summed E-state index contributed by atoms with van der Waals surface area (Å²) in [6.07, 6.45) is 11.4. The number of aromatic amines is 1. The molecule has 3 heteroatoms. The van der Waals surface area contributed by atoms with Gasteiger partial charge in [-0.25, -0.2) is 4.98 Å². The monoisotopic (exact) mass is 237 g/mol. The summed E-state index contributed by atoms with van der Waals surface area (Å²) in [5, 5.41) is 3.65. The Kier molecular flexibility index (Phi) is 6.94. The molecule has 3 nitrogen and oxygen atoms in total. The van der Waals surface area contributed by atoms with E-state index in [1.54, 1.807) is 0 Å². The van der Waals surface area contributed by atoms with Crippen LogP contribution < -0.4 is 5.32 Å². The van der Waals surface area contributed by atoms with E-state index in [4.69, 9.17) is 0 Å². The smallest absolute Gasteiger partial charge is 0.123 e. The molecule has 17 heavy (non-hydrogen) atoms. The van der Waals surface area contributed by atoms with Gasteiger partial charge in [-0.1, -0.05) is 39.5 Å². The van der Waals surface area contributed by atoms with Crippen LogP contribution in [0.4, 0.5) is 0 Å². The number of hydrogen-bond acceptors (Lipinski definition) is 2. The molecule has 1 heterocycles. The molecule has 0 bridgehead atoms. The first-order valence-electron chi connectivity index (χ1n) is 7.03. The van der Waals surface area contributed by atoms with Gasteiger partial charge < -0.3 is 10.3 Å². The summed E-state index contributed by atoms with van der Waals surface area (Å²) in [5.74, 6) is 1.06. The second kappa shape index (κ2) is 8.29. The molecule has 1 aromatic heterocycles. The van der Waals surface area contributed by atoms with Gasteiger partial charge in [0, 0.05) is 18.4 Å². The molecular weight excluding hydrogens is 210 g/mol. The minimum Gasteiger partial charge on any atom is -0.347 e. The molecule has 1 rings (SSSR count). The number of nitrogens with zero attached hydrogens (tertiary/aromatic N) is 1. The summed E-state index contributed by atoms with van der Waals surface area (Å²) in [4.78, 5) is 7.53. The Morgan fingerprint density at radius 2 is 2.12 bits per heavy atom. The zero-order valence-electron chi connectivity index (χ0n) is 11.5. The van der Waals surface area contributed by atoms with Gasteiger partial charge in [0.15, 0.2) is 0 Å². The topological polar surface area (TPSA) is 40.7 Å². The normalized spacial score (nSPS) is 14.8. The lowest BCUT2D eigenvalue weighted by Crippen LogP contribution is -2.30. The largest absolute Gasteiger partial charge is 0.347 e. The third-order valence-corrected chi connectivity index (χ3v) is 3.23. The van der Waals surface area contributed by atoms with Crippen molar-refractivity contribution in [2.75, 3.05) is 0 Å². The van der Waals surface area contributed by atoms with E-state index in [0.717, 1.165) is 12.2 Å². The Labute approximate surface area is 105 Å². The fourth-order valence-electron chi connectivity index (χ4n) is 2.16. The molecule has 0 aliphatic carbocycles. The summed E-state index contributed by atoms with van der Waals surface area (Å²) < 4.78 is 0. The first-order valence-corrected chi connectivity index (χ1v) is 7.03. The number of rotatable bonds is 9. The van der Waals surface area contributed by atoms with Gasteiger partial charge in [0.25, 0.3) is 0 Å². The average molecular weight is 237 g/mol. The van der Waals surface area contributed by atoms with Crippen LogP contribution in [-0.2, 0) is 0 Å². The molecule has 0 aliphatic heterocycles. The van der Waals surface area contributed by atoms with Crippen LogP contribution in [-0.4, -0.2) is 16.0 Å². The molecule has 2 unspecified atom stereocenters. The first-order chi connectivity index (χ1) is 8.27. The fourth-order valence-corrected chi connectivity index (χ4v) is 2.16. The number of hydrogen-bond donors (Lipinski definition) is 2. The van der Waals surface area contributed by atoms with E-state index in [9.17, 15) is 0 Å². The number of nitrogens with one attached hydrogen (secondary N) is 2. The molecule has 0 radical (unpaired) electrons. The van der Waals surface area contributed by atoms with E-state index in [0.29, 0.717) is 12.1 Å². The minimum absolute atomic E-state index is 0.367. The van der Waals surface area contributed by atoms with Crippen LogP contribution in [0.1, 0.15) is 71.2 Å². The predicted octanol–water partition coefficient (Wildman–Crippen LogP) is 3.81. The van der Waals surface area contributed by atoms with Crippen LogP contribution in [0, 0.1) is 0 Å². The van der Waals surface area contributed by atoms with Crippen molar-refractivity contribution in [3.8, 4) is 0 Å². The maximum absolute atomic E-state index is 4.33. The Hall–Kier alpha value is -0.830. The highest BCUT2D eigenvalue weighted by atomic mass is 15.0. The lowest BCUT2D eigenvalue weighted by Gasteiger charge is -2.20. The molecule has 0 aromatic carbocycles. The summed E-state index contributed by atoms with van der Waals surface area (Å²) in [7, 11) is 0. The maximum Gasteiger partial charge on any atom is 0.123 e. The third kappa shape index (κ3) is 5.35. The zero-order chi connectivity index (χ0) is 12.5. The Morgan fingerprint density at radius 3 is 2.71 bits per heavy atom. The summed E-state index contributed by atoms with van der Waals surface area (Å²) in [5.41, 5.74) is 0. The van der Waals surface area contributed by atoms with E-state index in [1.807, 2.05) is 12.4 Å². The lowest BCUT2D eigenvalue weighted by molar-refractivity contribution is 0.403. The molecule has 0 fully saturated rings. The number of imidazole rings is 1. The van der Waals surface area contributed by atoms with Gasteiger partial charge in [-0.15, -0.1) is 0 Å². The quantitative estimate of drug-likeness (QED) is 0.641. The van der Waals surface area contributed by atoms with Gasteiger partial charge in [-0.3, -0.25) is 0 Å². The van der Waals surface area contributed by atoms with E-state index in [1.165, 1.54) is 32.1 Å². The van der Waals surface area contributed by atoms with Crippen molar-refractivity contribution < 1.29 is 0 Å². The van der Waals surface area contributed by atoms with E-state index in [-0.39, 0.29) is 0 Å². The van der Waals surface area contributed by atoms with Gasteiger partial charge in [-0.05, 0) is 19.8 Å². The number of aromatic nitrogens is 2. The highest BCUT2D eigenvalue weighted by Crippen LogP contribution is 2.14. The summed E-state index contributed by atoms with van der Waals surface area (Å²) in [6, 6.07) is 0.938. The molecule has 98 valence electrons. The molecule has 0 saturated carbocycles. The fraction of sp³-hybridized carbons (Fsp3) is 0.786. The van der Waals surface area contributed by atoms with Gasteiger partial charge in [0.2, 0.25) is 0 Å². The van der Waals surface area contributed by atoms with Crippen molar-refractivity contribution in [3.05, 3.63) is 18.2 Å². The zero-order valence-corrected chi connectivity index (χ0v) is 11.5. The predicted molar refractivity (Wildman–Crippen MR) is 73.0 cm³/mol. The summed E-state index contributed by atoms with van der Waals surface area (Å²) in [6.45, 7) is 6.73. The Balaban J connectivity index is 2.26. The molecule has 0 saturated heterocycles. The van der Waals surface area contributed by atoms with Crippen LogP contribution in [0.5, 0.6) is 0 Å². The first kappa shape index (κ1) is 14.2. The molecule has 1 aromatic rings. The SMILES string of the molecule is CCCCCCC(C)NC(CC)c1ncc[nH]1. The van der Waals surface area contributed by atoms with Gasteiger partial charge in [0.05, 0.1) is 6.04 Å². The third-order valence-electron chi connectivity index (χ3n) is 3.23. The van der Waals surface area contributed by atoms with Gasteiger partial charge in [-0.2, -0.15) is 0 Å². The van der Waals surface area contributed by atoms with Crippen LogP contribution in [0.3, 0.4) is 0 Å². The van der Waals surface area contributed by atoms with E-state index >= 15 is 0 Å². The average Bonchev–Trinajstić information content (AvgIpc) is 2.85. The lowest BCUT2D eigenvalue weighted by atomic mass is 10.1. The molecule has 0 aliphatic rings. The Bertz CT molecular complexity index is 269. The van der Waals surface area contributed by atoms with Crippen molar-refractivity contribution in [1.82, 2.24) is 15.3 Å². The van der Waals surface area contributed by atoms with Crippen molar-refractivity contribution in [3.63, 3.8) is 0 Å². The van der Waals surface area contributed by atoms with Gasteiger partial charge in [0.1, 0.15) is 5.82 Å². The Morgan fingerprint density at radius 1 is 1.29 bits per heavy atom. The molecule has 0 spiro atoms. The molecule has 2 atom stereocenters. The minimum atomic E-state index is 0.367. The van der Waals surface area contributed by atoms with Crippen LogP contribution in [0.15, 0.2) is 12.4 Å². The van der Waals surface area contributed by atoms with E-state index < -0.39 is 0 Å². The maximum atomic E-state index is 4.33. The van der Waals surface area contributed by atoms with Gasteiger partial charge >= 0.3 is 0 Å². The van der Waals surface area contributed by atoms with Crippen molar-refractivity contribution in [1.29, 1.82) is 0 Å². The highest BCUT2D eigenvalue weighted by Gasteiger charge is 2.13.